The predicted octanol–water partition coefficient (Wildman–Crippen LogP) is 1.14. The van der Waals surface area contributed by atoms with Gasteiger partial charge >= 0.3 is 18.3 Å². The fraction of sp³-hybridized carbons (Fsp3) is 0.480. The molecule has 0 amide bonds. The van der Waals surface area contributed by atoms with Gasteiger partial charge in [0.1, 0.15) is 24.0 Å². The summed E-state index contributed by atoms with van der Waals surface area (Å²) in [6, 6.07) is 8.74. The van der Waals surface area contributed by atoms with Gasteiger partial charge in [0.05, 0.1) is 12.7 Å². The third-order valence-corrected chi connectivity index (χ3v) is 8.82. The number of nitrogens with zero attached hydrogens (tertiary/aromatic N) is 1. The fourth-order valence-corrected chi connectivity index (χ4v) is 6.64. The Morgan fingerprint density at radius 3 is 2.65 bits per heavy atom. The molecule has 12 nitrogen and oxygen atoms in total. The second-order valence-electron chi connectivity index (χ2n) is 9.11. The number of hydrogen-bond donors (Lipinski definition) is 4. The number of aromatic amines is 1. The van der Waals surface area contributed by atoms with E-state index in [9.17, 15) is 24.6 Å². The lowest BCUT2D eigenvalue weighted by Gasteiger charge is -2.29. The normalized spacial score (nSPS) is 24.7. The lowest BCUT2D eigenvalue weighted by molar-refractivity contribution is -0.149. The number of aliphatic hydroxyl groups is 2. The molecule has 0 spiro atoms. The molecule has 1 saturated heterocycles. The average Bonchev–Trinajstić information content (AvgIpc) is 3.15. The van der Waals surface area contributed by atoms with E-state index in [0.717, 1.165) is 16.8 Å². The first-order valence-corrected chi connectivity index (χ1v) is 16.3. The molecule has 218 valence electrons. The van der Waals surface area contributed by atoms with Crippen LogP contribution in [0.15, 0.2) is 52.2 Å². The molecule has 0 saturated carbocycles. The number of H-pyrrole nitrogens is 1. The fourth-order valence-electron chi connectivity index (χ4n) is 3.81. The Morgan fingerprint density at radius 1 is 1.35 bits per heavy atom. The summed E-state index contributed by atoms with van der Waals surface area (Å²) in [7, 11) is 0. The molecule has 1 aromatic carbocycles. The molecule has 4 N–H and O–H groups in total. The molecule has 1 aromatic heterocycles. The number of para-hydroxylation sites is 1. The van der Waals surface area contributed by atoms with E-state index in [4.69, 9.17) is 36.8 Å². The van der Waals surface area contributed by atoms with Crippen molar-refractivity contribution in [2.75, 3.05) is 18.6 Å². The van der Waals surface area contributed by atoms with E-state index in [2.05, 4.69) is 11.0 Å². The number of aromatic nitrogens is 2. The van der Waals surface area contributed by atoms with Crippen LogP contribution in [0.1, 0.15) is 26.5 Å². The number of benzene rings is 1. The molecule has 0 bridgehead atoms. The number of hydrogen-bond acceptors (Lipinski definition) is 11. The molecule has 2 aromatic rings. The molecule has 40 heavy (non-hydrogen) atoms. The first-order chi connectivity index (χ1) is 18.9. The van der Waals surface area contributed by atoms with Gasteiger partial charge in [0.25, 0.3) is 5.56 Å². The van der Waals surface area contributed by atoms with Gasteiger partial charge in [0.15, 0.2) is 11.8 Å². The molecule has 15 heteroatoms. The summed E-state index contributed by atoms with van der Waals surface area (Å²) >= 11 is 7.30. The Bertz CT molecular complexity index is 1360. The number of carbonyl (C=O) groups is 1. The maximum Gasteiger partial charge on any atom is 0.330 e. The summed E-state index contributed by atoms with van der Waals surface area (Å²) in [6.07, 6.45) is 3.96. The Balaban J connectivity index is 1.88. The molecule has 1 unspecified atom stereocenters. The second-order valence-corrected chi connectivity index (χ2v) is 13.2. The minimum atomic E-state index is -3.54. The number of carbonyl (C=O) groups excluding carboxylic acids is 1. The van der Waals surface area contributed by atoms with Gasteiger partial charge in [-0.25, -0.2) is 9.88 Å². The standard InChI is InChI=1S/C25H32N3O9PS2/c1-5-25(33)21(30)19(36-23(25)28-13-11-20(29)26-24(28)32)15-34-38(39,37-17-9-7-6-8-10-17)27-18(12-14-40-4)22(31)35-16(2)3/h1,6-11,13,16,18-19,21,23,30,33H,12,14-15H2,2-4H3,(H,27,39)(H,26,29,32)/t18-,19+,21+,23+,25+,38?/m0/s1. The van der Waals surface area contributed by atoms with Crippen LogP contribution in [0, 0.1) is 12.3 Å². The summed E-state index contributed by atoms with van der Waals surface area (Å²) in [5.41, 5.74) is -3.92. The molecule has 6 atom stereocenters. The van der Waals surface area contributed by atoms with E-state index in [0.29, 0.717) is 17.9 Å². The SMILES string of the molecule is C#C[C@@]1(O)[C@H](O)[C@@H](COP(=S)(N[C@@H](CCSC)C(=O)OC(C)C)Oc2ccccc2)O[C@H]1n1ccc(=O)[nH]c1=O. The van der Waals surface area contributed by atoms with E-state index in [1.54, 1.807) is 44.2 Å². The van der Waals surface area contributed by atoms with Crippen LogP contribution < -0.4 is 20.9 Å². The van der Waals surface area contributed by atoms with Crippen LogP contribution in [0.5, 0.6) is 5.75 Å². The quantitative estimate of drug-likeness (QED) is 0.145. The highest BCUT2D eigenvalue weighted by molar-refractivity contribution is 8.09. The third-order valence-electron chi connectivity index (χ3n) is 5.76. The number of thioether (sulfide) groups is 1. The highest BCUT2D eigenvalue weighted by Crippen LogP contribution is 2.47. The number of terminal acetylenes is 1. The smallest absolute Gasteiger partial charge is 0.330 e. The van der Waals surface area contributed by atoms with Crippen LogP contribution in [0.25, 0.3) is 0 Å². The maximum absolute atomic E-state index is 12.9. The zero-order valence-corrected chi connectivity index (χ0v) is 24.6. The number of aliphatic hydroxyl groups excluding tert-OH is 1. The molecule has 0 aliphatic carbocycles. The van der Waals surface area contributed by atoms with Gasteiger partial charge in [-0.2, -0.15) is 11.8 Å². The van der Waals surface area contributed by atoms with Crippen molar-refractivity contribution in [3.05, 3.63) is 63.4 Å². The maximum atomic E-state index is 12.9. The molecule has 0 radical (unpaired) electrons. The topological polar surface area (TPSA) is 161 Å². The Morgan fingerprint density at radius 2 is 2.05 bits per heavy atom. The van der Waals surface area contributed by atoms with E-state index in [-0.39, 0.29) is 6.10 Å². The van der Waals surface area contributed by atoms with Crippen molar-refractivity contribution in [2.45, 2.75) is 56.5 Å². The number of ether oxygens (including phenoxy) is 2. The largest absolute Gasteiger partial charge is 0.462 e. The highest BCUT2D eigenvalue weighted by Gasteiger charge is 2.56. The van der Waals surface area contributed by atoms with Crippen LogP contribution in [0.4, 0.5) is 0 Å². The van der Waals surface area contributed by atoms with Crippen LogP contribution in [-0.2, 0) is 30.6 Å². The number of nitrogens with one attached hydrogen (secondary N) is 2. The summed E-state index contributed by atoms with van der Waals surface area (Å²) in [6.45, 7) is -0.522. The lowest BCUT2D eigenvalue weighted by atomic mass is 9.95. The summed E-state index contributed by atoms with van der Waals surface area (Å²) in [4.78, 5) is 38.8. The minimum absolute atomic E-state index is 0.364. The van der Waals surface area contributed by atoms with Gasteiger partial charge in [0.2, 0.25) is 0 Å². The minimum Gasteiger partial charge on any atom is -0.462 e. The average molecular weight is 614 g/mol. The van der Waals surface area contributed by atoms with Crippen molar-refractivity contribution < 1.29 is 33.5 Å². The van der Waals surface area contributed by atoms with Crippen LogP contribution in [0.2, 0.25) is 0 Å². The molecular weight excluding hydrogens is 581 g/mol. The monoisotopic (exact) mass is 613 g/mol. The van der Waals surface area contributed by atoms with Crippen LogP contribution in [-0.4, -0.2) is 74.3 Å². The summed E-state index contributed by atoms with van der Waals surface area (Å²) in [5, 5.41) is 25.0. The van der Waals surface area contributed by atoms with Gasteiger partial charge in [-0.05, 0) is 56.2 Å². The molecule has 1 fully saturated rings. The molecule has 3 rings (SSSR count). The number of rotatable bonds is 13. The second kappa shape index (κ2) is 13.9. The number of esters is 1. The zero-order chi connectivity index (χ0) is 29.5. The summed E-state index contributed by atoms with van der Waals surface area (Å²) in [5.74, 6) is 2.53. The van der Waals surface area contributed by atoms with Crippen molar-refractivity contribution in [1.29, 1.82) is 0 Å². The Kier molecular flexibility index (Phi) is 11.2. The van der Waals surface area contributed by atoms with Crippen molar-refractivity contribution in [1.82, 2.24) is 14.6 Å². The van der Waals surface area contributed by atoms with Crippen LogP contribution >= 0.6 is 18.4 Å². The molecule has 1 aliphatic rings. The predicted molar refractivity (Wildman–Crippen MR) is 153 cm³/mol. The van der Waals surface area contributed by atoms with Gasteiger partial charge in [-0.3, -0.25) is 19.1 Å². The molecule has 2 heterocycles. The van der Waals surface area contributed by atoms with E-state index in [1.807, 2.05) is 11.2 Å². The van der Waals surface area contributed by atoms with Crippen molar-refractivity contribution in [3.63, 3.8) is 0 Å². The Labute approximate surface area is 240 Å². The highest BCUT2D eigenvalue weighted by atomic mass is 32.5. The third kappa shape index (κ3) is 7.84. The molecule has 1 aliphatic heterocycles. The summed E-state index contributed by atoms with van der Waals surface area (Å²) < 4.78 is 24.0. The van der Waals surface area contributed by atoms with E-state index < -0.39 is 60.5 Å². The van der Waals surface area contributed by atoms with Crippen molar-refractivity contribution in [3.8, 4) is 18.1 Å². The van der Waals surface area contributed by atoms with Gasteiger partial charge < -0.3 is 28.7 Å². The zero-order valence-electron chi connectivity index (χ0n) is 22.1. The van der Waals surface area contributed by atoms with Gasteiger partial charge in [0, 0.05) is 12.3 Å². The van der Waals surface area contributed by atoms with Crippen LogP contribution in [0.3, 0.4) is 0 Å². The van der Waals surface area contributed by atoms with Gasteiger partial charge in [-0.15, -0.1) is 6.42 Å². The van der Waals surface area contributed by atoms with Crippen molar-refractivity contribution >= 4 is 36.2 Å². The van der Waals surface area contributed by atoms with E-state index >= 15 is 0 Å². The van der Waals surface area contributed by atoms with Crippen molar-refractivity contribution in [2.24, 2.45) is 0 Å². The first-order valence-electron chi connectivity index (χ1n) is 12.2. The van der Waals surface area contributed by atoms with Gasteiger partial charge in [-0.1, -0.05) is 24.1 Å². The molecular formula is C25H32N3O9PS2. The Hall–Kier alpha value is -2.47. The lowest BCUT2D eigenvalue weighted by Crippen LogP contribution is -2.48. The van der Waals surface area contributed by atoms with E-state index in [1.165, 1.54) is 11.8 Å². The first kappa shape index (κ1) is 32.0.